The summed E-state index contributed by atoms with van der Waals surface area (Å²) in [6, 6.07) is 9.31. The SMILES string of the molecule is CCC(C)c1ccc2[te]ccc2c1. The Hall–Kier alpha value is -0.250. The van der Waals surface area contributed by atoms with Crippen LogP contribution in [0.4, 0.5) is 0 Å². The van der Waals surface area contributed by atoms with E-state index in [1.54, 1.807) is 3.40 Å². The Balaban J connectivity index is 2.48. The number of rotatable bonds is 2. The molecule has 2 aromatic rings. The van der Waals surface area contributed by atoms with Gasteiger partial charge in [0.25, 0.3) is 0 Å². The van der Waals surface area contributed by atoms with E-state index in [9.17, 15) is 0 Å². The number of benzene rings is 1. The van der Waals surface area contributed by atoms with E-state index in [0.717, 1.165) is 0 Å². The summed E-state index contributed by atoms with van der Waals surface area (Å²) in [6.45, 7) is 4.55. The Kier molecular flexibility index (Phi) is 2.77. The summed E-state index contributed by atoms with van der Waals surface area (Å²) in [5, 5.41) is 1.49. The molecule has 1 unspecified atom stereocenters. The van der Waals surface area contributed by atoms with E-state index in [2.05, 4.69) is 42.2 Å². The third-order valence-electron chi connectivity index (χ3n) is 2.66. The molecule has 1 atom stereocenters. The average molecular weight is 286 g/mol. The molecular formula is C12H14Te. The standard InChI is InChI=1S/C12H14Te/c1-3-9(2)10-4-5-12-11(8-10)6-7-13-12/h4-9H,3H2,1-2H3. The van der Waals surface area contributed by atoms with Crippen molar-refractivity contribution in [2.24, 2.45) is 0 Å². The third-order valence-corrected chi connectivity index (χ3v) is 5.22. The molecule has 0 saturated carbocycles. The van der Waals surface area contributed by atoms with Crippen molar-refractivity contribution in [2.45, 2.75) is 26.2 Å². The summed E-state index contributed by atoms with van der Waals surface area (Å²) in [5.74, 6) is 0.708. The van der Waals surface area contributed by atoms with E-state index in [-0.39, 0.29) is 20.4 Å². The first-order valence-electron chi connectivity index (χ1n) is 4.78. The van der Waals surface area contributed by atoms with Gasteiger partial charge >= 0.3 is 89.3 Å². The van der Waals surface area contributed by atoms with Crippen molar-refractivity contribution in [3.8, 4) is 0 Å². The Bertz CT molecular complexity index is 400. The van der Waals surface area contributed by atoms with Gasteiger partial charge in [-0.3, -0.25) is 0 Å². The van der Waals surface area contributed by atoms with E-state index in [1.807, 2.05) is 0 Å². The topological polar surface area (TPSA) is 0 Å². The molecule has 0 bridgehead atoms. The van der Waals surface area contributed by atoms with Crippen LogP contribution in [0.2, 0.25) is 0 Å². The van der Waals surface area contributed by atoms with E-state index >= 15 is 0 Å². The van der Waals surface area contributed by atoms with E-state index in [0.29, 0.717) is 5.92 Å². The summed E-state index contributed by atoms with van der Waals surface area (Å²) in [6.07, 6.45) is 1.24. The van der Waals surface area contributed by atoms with Crippen molar-refractivity contribution in [1.29, 1.82) is 0 Å². The Morgan fingerprint density at radius 1 is 1.31 bits per heavy atom. The second-order valence-corrected chi connectivity index (χ2v) is 6.23. The molecule has 0 saturated heterocycles. The van der Waals surface area contributed by atoms with Crippen molar-refractivity contribution in [3.05, 3.63) is 33.9 Å². The zero-order chi connectivity index (χ0) is 9.26. The Morgan fingerprint density at radius 3 is 2.92 bits per heavy atom. The molecule has 0 N–H and O–H groups in total. The molecule has 1 aromatic carbocycles. The molecular weight excluding hydrogens is 272 g/mol. The van der Waals surface area contributed by atoms with Crippen LogP contribution in [0.15, 0.2) is 28.3 Å². The maximum atomic E-state index is 2.37. The molecule has 0 nitrogen and oxygen atoms in total. The van der Waals surface area contributed by atoms with Crippen LogP contribution in [0, 0.1) is 0 Å². The van der Waals surface area contributed by atoms with Crippen molar-refractivity contribution in [1.82, 2.24) is 0 Å². The van der Waals surface area contributed by atoms with E-state index in [4.69, 9.17) is 0 Å². The maximum absolute atomic E-state index is 2.37. The molecule has 0 amide bonds. The summed E-state index contributed by atoms with van der Waals surface area (Å²) < 4.78 is 3.98. The molecule has 0 aliphatic carbocycles. The average Bonchev–Trinajstić information content (AvgIpc) is 2.63. The molecule has 0 fully saturated rings. The number of hydrogen-bond acceptors (Lipinski definition) is 0. The molecule has 13 heavy (non-hydrogen) atoms. The number of fused-ring (bicyclic) bond motifs is 1. The van der Waals surface area contributed by atoms with Gasteiger partial charge in [-0.25, -0.2) is 0 Å². The fraction of sp³-hybridized carbons (Fsp3) is 0.333. The second-order valence-electron chi connectivity index (χ2n) is 3.53. The fourth-order valence-electron chi connectivity index (χ4n) is 1.53. The first kappa shape index (κ1) is 9.31. The van der Waals surface area contributed by atoms with Crippen LogP contribution in [0.3, 0.4) is 0 Å². The summed E-state index contributed by atoms with van der Waals surface area (Å²) >= 11 is 0.0382. The minimum atomic E-state index is 0.0382. The van der Waals surface area contributed by atoms with Crippen LogP contribution in [0.1, 0.15) is 31.7 Å². The van der Waals surface area contributed by atoms with Gasteiger partial charge < -0.3 is 0 Å². The predicted octanol–water partition coefficient (Wildman–Crippen LogP) is 3.41. The van der Waals surface area contributed by atoms with Crippen LogP contribution in [0.5, 0.6) is 0 Å². The number of hydrogen-bond donors (Lipinski definition) is 0. The van der Waals surface area contributed by atoms with Crippen molar-refractivity contribution >= 4 is 29.2 Å². The van der Waals surface area contributed by atoms with Crippen LogP contribution in [-0.4, -0.2) is 20.4 Å². The molecule has 1 heterocycles. The Labute approximate surface area is 89.2 Å². The molecule has 1 aromatic heterocycles. The first-order valence-corrected chi connectivity index (χ1v) is 7.29. The summed E-state index contributed by atoms with van der Waals surface area (Å²) in [4.78, 5) is 0. The zero-order valence-electron chi connectivity index (χ0n) is 8.08. The van der Waals surface area contributed by atoms with Gasteiger partial charge in [-0.2, -0.15) is 0 Å². The van der Waals surface area contributed by atoms with E-state index in [1.165, 1.54) is 17.4 Å². The minimum absolute atomic E-state index is 0.0382. The molecule has 0 radical (unpaired) electrons. The molecule has 1 heteroatoms. The van der Waals surface area contributed by atoms with Crippen LogP contribution in [-0.2, 0) is 0 Å². The second kappa shape index (κ2) is 3.86. The molecule has 68 valence electrons. The van der Waals surface area contributed by atoms with E-state index < -0.39 is 0 Å². The van der Waals surface area contributed by atoms with Gasteiger partial charge in [0, 0.05) is 0 Å². The molecule has 0 aliphatic rings. The van der Waals surface area contributed by atoms with Gasteiger partial charge in [0.2, 0.25) is 0 Å². The first-order chi connectivity index (χ1) is 6.31. The van der Waals surface area contributed by atoms with Gasteiger partial charge in [0.05, 0.1) is 0 Å². The van der Waals surface area contributed by atoms with Gasteiger partial charge in [-0.05, 0) is 0 Å². The monoisotopic (exact) mass is 288 g/mol. The van der Waals surface area contributed by atoms with Crippen molar-refractivity contribution in [3.63, 3.8) is 0 Å². The van der Waals surface area contributed by atoms with Crippen LogP contribution >= 0.6 is 0 Å². The fourth-order valence-corrected chi connectivity index (χ4v) is 3.73. The van der Waals surface area contributed by atoms with Crippen LogP contribution < -0.4 is 0 Å². The predicted molar refractivity (Wildman–Crippen MR) is 59.6 cm³/mol. The van der Waals surface area contributed by atoms with Crippen molar-refractivity contribution < 1.29 is 0 Å². The van der Waals surface area contributed by atoms with Gasteiger partial charge in [0.1, 0.15) is 0 Å². The van der Waals surface area contributed by atoms with Gasteiger partial charge in [0.15, 0.2) is 0 Å². The van der Waals surface area contributed by atoms with Gasteiger partial charge in [-0.1, -0.05) is 0 Å². The van der Waals surface area contributed by atoms with Gasteiger partial charge in [-0.15, -0.1) is 0 Å². The zero-order valence-corrected chi connectivity index (χ0v) is 10.4. The third kappa shape index (κ3) is 1.82. The molecule has 0 aliphatic heterocycles. The molecule has 2 rings (SSSR count). The summed E-state index contributed by atoms with van der Waals surface area (Å²) in [7, 11) is 0. The summed E-state index contributed by atoms with van der Waals surface area (Å²) in [5.41, 5.74) is 1.50. The van der Waals surface area contributed by atoms with Crippen LogP contribution in [0.25, 0.3) is 8.79 Å². The molecule has 0 spiro atoms. The quantitative estimate of drug-likeness (QED) is 0.742. The Morgan fingerprint density at radius 2 is 2.15 bits per heavy atom. The van der Waals surface area contributed by atoms with Crippen molar-refractivity contribution in [2.75, 3.05) is 0 Å². The normalized spacial score (nSPS) is 13.4.